The molecule has 0 aromatic heterocycles. The van der Waals surface area contributed by atoms with Gasteiger partial charge in [-0.25, -0.2) is 0 Å². The molecular weight excluding hydrogens is 797 g/mol. The number of ether oxygens (including phenoxy) is 2. The van der Waals surface area contributed by atoms with E-state index in [4.69, 9.17) is 32.7 Å². The predicted molar refractivity (Wildman–Crippen MR) is 204 cm³/mol. The van der Waals surface area contributed by atoms with Gasteiger partial charge in [-0.3, -0.25) is 9.59 Å². The summed E-state index contributed by atoms with van der Waals surface area (Å²) in [7, 11) is 3.65. The predicted octanol–water partition coefficient (Wildman–Crippen LogP) is 7.83. The van der Waals surface area contributed by atoms with E-state index in [1.165, 1.54) is 16.0 Å². The molecule has 3 aliphatic rings. The summed E-state index contributed by atoms with van der Waals surface area (Å²) in [6.07, 6.45) is -7.05. The lowest BCUT2D eigenvalue weighted by Crippen LogP contribution is -2.54. The average molecular weight is 844 g/mol. The third kappa shape index (κ3) is 9.57. The molecule has 57 heavy (non-hydrogen) atoms. The fourth-order valence-electron chi connectivity index (χ4n) is 8.44. The van der Waals surface area contributed by atoms with Crippen LogP contribution in [0.4, 0.5) is 26.3 Å². The number of hydrogen-bond donors (Lipinski definition) is 1. The van der Waals surface area contributed by atoms with Crippen molar-refractivity contribution in [2.75, 3.05) is 73.1 Å². The van der Waals surface area contributed by atoms with E-state index in [9.17, 15) is 35.9 Å². The second-order valence-electron chi connectivity index (χ2n) is 15.2. The molecule has 1 N–H and O–H groups in total. The smallest absolute Gasteiger partial charge is 0.367 e. The Morgan fingerprint density at radius 1 is 0.947 bits per heavy atom. The van der Waals surface area contributed by atoms with E-state index in [0.717, 1.165) is 25.8 Å². The van der Waals surface area contributed by atoms with Gasteiger partial charge in [-0.1, -0.05) is 53.5 Å². The van der Waals surface area contributed by atoms with Crippen LogP contribution < -0.4 is 5.32 Å². The summed E-state index contributed by atoms with van der Waals surface area (Å²) in [4.78, 5) is 32.0. The van der Waals surface area contributed by atoms with Crippen LogP contribution in [0.5, 0.6) is 0 Å². The van der Waals surface area contributed by atoms with Crippen LogP contribution in [-0.4, -0.2) is 106 Å². The van der Waals surface area contributed by atoms with Crippen molar-refractivity contribution in [3.63, 3.8) is 0 Å². The van der Waals surface area contributed by atoms with Gasteiger partial charge in [0.2, 0.25) is 5.91 Å². The fraction of sp³-hybridized carbons (Fsp3) is 0.512. The molecule has 8 nitrogen and oxygen atoms in total. The first-order valence-corrected chi connectivity index (χ1v) is 19.7. The fourth-order valence-corrected chi connectivity index (χ4v) is 8.74. The summed E-state index contributed by atoms with van der Waals surface area (Å²) in [5, 5.41) is 3.59. The summed E-state index contributed by atoms with van der Waals surface area (Å²) in [6.45, 7) is 3.02. The van der Waals surface area contributed by atoms with Crippen molar-refractivity contribution < 1.29 is 45.4 Å². The minimum Gasteiger partial charge on any atom is -0.367 e. The van der Waals surface area contributed by atoms with Crippen LogP contribution in [0.25, 0.3) is 0 Å². The van der Waals surface area contributed by atoms with Gasteiger partial charge < -0.3 is 29.5 Å². The molecule has 3 aromatic rings. The van der Waals surface area contributed by atoms with E-state index in [2.05, 4.69) is 22.3 Å². The molecule has 1 spiro atoms. The third-order valence-corrected chi connectivity index (χ3v) is 12.4. The number of carbonyl (C=O) groups excluding carboxylic acids is 2. The molecule has 2 amide bonds. The number of rotatable bonds is 12. The van der Waals surface area contributed by atoms with E-state index >= 15 is 0 Å². The van der Waals surface area contributed by atoms with E-state index in [0.29, 0.717) is 56.7 Å². The van der Waals surface area contributed by atoms with Gasteiger partial charge in [0.05, 0.1) is 40.4 Å². The summed E-state index contributed by atoms with van der Waals surface area (Å²) in [5.74, 6) is -1.05. The van der Waals surface area contributed by atoms with Crippen LogP contribution in [-0.2, 0) is 44.1 Å². The highest BCUT2D eigenvalue weighted by molar-refractivity contribution is 6.42. The maximum Gasteiger partial charge on any atom is 0.416 e. The largest absolute Gasteiger partial charge is 0.416 e. The highest BCUT2D eigenvalue weighted by Gasteiger charge is 2.50. The Labute approximate surface area is 338 Å². The molecule has 2 heterocycles. The zero-order valence-electron chi connectivity index (χ0n) is 31.7. The normalized spacial score (nSPS) is 21.2. The summed E-state index contributed by atoms with van der Waals surface area (Å²) >= 11 is 12.7. The van der Waals surface area contributed by atoms with Crippen molar-refractivity contribution in [3.8, 4) is 0 Å². The lowest BCUT2D eigenvalue weighted by molar-refractivity contribution is -0.143. The minimum absolute atomic E-state index is 0.00315. The van der Waals surface area contributed by atoms with Crippen molar-refractivity contribution in [2.45, 2.75) is 61.6 Å². The quantitative estimate of drug-likeness (QED) is 0.148. The Bertz CT molecular complexity index is 1890. The van der Waals surface area contributed by atoms with Crippen LogP contribution >= 0.6 is 23.2 Å². The molecule has 310 valence electrons. The number of piperidine rings is 1. The SMILES string of the molecule is CNCCCN(C)C(=O)CO[C@H]1Cc2ccccc2C12CCN(CC[C@]1(c3ccc(Cl)c(Cl)c3)CN(C(=O)c3cc(C(F)(F)F)cc(C(F)(F)F)c3)CCO1)CC2. The highest BCUT2D eigenvalue weighted by atomic mass is 35.5. The maximum absolute atomic E-state index is 13.8. The average Bonchev–Trinajstić information content (AvgIpc) is 3.48. The second kappa shape index (κ2) is 17.4. The molecule has 2 fully saturated rings. The van der Waals surface area contributed by atoms with Crippen molar-refractivity contribution >= 4 is 35.0 Å². The number of benzene rings is 3. The number of likely N-dealkylation sites (N-methyl/N-ethyl adjacent to an activating group) is 1. The highest BCUT2D eigenvalue weighted by Crippen LogP contribution is 2.48. The molecule has 2 saturated heterocycles. The molecule has 6 rings (SSSR count). The van der Waals surface area contributed by atoms with Gasteiger partial charge in [0.1, 0.15) is 12.2 Å². The Hall–Kier alpha value is -3.40. The second-order valence-corrected chi connectivity index (χ2v) is 16.0. The van der Waals surface area contributed by atoms with Crippen molar-refractivity contribution in [1.29, 1.82) is 0 Å². The van der Waals surface area contributed by atoms with E-state index < -0.39 is 40.6 Å². The minimum atomic E-state index is -5.11. The number of nitrogens with one attached hydrogen (secondary N) is 1. The Morgan fingerprint density at radius 2 is 1.63 bits per heavy atom. The molecule has 0 saturated carbocycles. The van der Waals surface area contributed by atoms with Crippen molar-refractivity contribution in [1.82, 2.24) is 20.0 Å². The van der Waals surface area contributed by atoms with E-state index in [-0.39, 0.29) is 59.8 Å². The first-order chi connectivity index (χ1) is 27.0. The zero-order valence-corrected chi connectivity index (χ0v) is 33.3. The molecule has 1 aliphatic carbocycles. The van der Waals surface area contributed by atoms with Crippen molar-refractivity contribution in [2.24, 2.45) is 0 Å². The Balaban J connectivity index is 1.20. The zero-order chi connectivity index (χ0) is 41.2. The number of fused-ring (bicyclic) bond motifs is 2. The molecule has 0 unspecified atom stereocenters. The number of nitrogens with zero attached hydrogens (tertiary/aromatic N) is 3. The molecular formula is C41H46Cl2F6N4O4. The lowest BCUT2D eigenvalue weighted by atomic mass is 9.72. The maximum atomic E-state index is 13.8. The van der Waals surface area contributed by atoms with Crippen molar-refractivity contribution in [3.05, 3.63) is 104 Å². The van der Waals surface area contributed by atoms with Crippen LogP contribution in [0.3, 0.4) is 0 Å². The van der Waals surface area contributed by atoms with Gasteiger partial charge >= 0.3 is 12.4 Å². The molecule has 0 bridgehead atoms. The van der Waals surface area contributed by atoms with Gasteiger partial charge in [-0.2, -0.15) is 26.3 Å². The number of alkyl halides is 6. The first kappa shape index (κ1) is 43.2. The topological polar surface area (TPSA) is 74.4 Å². The standard InChI is InChI=1S/C41H46Cl2F6N4O4/c1-50-13-5-14-51(2)36(54)25-56-35-22-27-6-3-4-7-32(27)38(35)10-15-52(16-11-38)17-12-39(29-8-9-33(42)34(43)24-29)26-53(18-19-57-39)37(55)28-20-30(40(44,45)46)23-31(21-28)41(47,48)49/h3-4,6-9,20-21,23-24,35,50H,5,10-19,22,25-26H2,1-2H3/t35-,39+/m0/s1. The Morgan fingerprint density at radius 3 is 2.28 bits per heavy atom. The number of amides is 2. The summed E-state index contributed by atoms with van der Waals surface area (Å²) in [5.41, 5.74) is -2.37. The van der Waals surface area contributed by atoms with E-state index in [1.807, 2.05) is 19.2 Å². The number of halogens is 8. The van der Waals surface area contributed by atoms with Crippen LogP contribution in [0, 0.1) is 0 Å². The number of hydrogen-bond acceptors (Lipinski definition) is 6. The summed E-state index contributed by atoms with van der Waals surface area (Å²) in [6, 6.07) is 14.1. The first-order valence-electron chi connectivity index (χ1n) is 18.9. The van der Waals surface area contributed by atoms with Crippen LogP contribution in [0.2, 0.25) is 10.0 Å². The van der Waals surface area contributed by atoms with Gasteiger partial charge in [-0.15, -0.1) is 0 Å². The van der Waals surface area contributed by atoms with Gasteiger partial charge in [0.15, 0.2) is 0 Å². The van der Waals surface area contributed by atoms with Crippen LogP contribution in [0.15, 0.2) is 60.7 Å². The van der Waals surface area contributed by atoms with Gasteiger partial charge in [-0.05, 0) is 106 Å². The molecule has 3 aromatic carbocycles. The van der Waals surface area contributed by atoms with Crippen LogP contribution in [0.1, 0.15) is 63.9 Å². The van der Waals surface area contributed by atoms with Gasteiger partial charge in [0, 0.05) is 37.7 Å². The van der Waals surface area contributed by atoms with Gasteiger partial charge in [0.25, 0.3) is 5.91 Å². The number of carbonyl (C=O) groups is 2. The molecule has 2 aliphatic heterocycles. The monoisotopic (exact) mass is 842 g/mol. The Kier molecular flexibility index (Phi) is 13.2. The molecule has 16 heteroatoms. The molecule has 2 atom stereocenters. The third-order valence-electron chi connectivity index (χ3n) is 11.7. The number of morpholine rings is 1. The molecule has 0 radical (unpaired) electrons. The summed E-state index contributed by atoms with van der Waals surface area (Å²) < 4.78 is 95.1. The van der Waals surface area contributed by atoms with E-state index in [1.54, 1.807) is 30.1 Å². The lowest BCUT2D eigenvalue weighted by Gasteiger charge is -2.46. The number of likely N-dealkylation sites (tertiary alicyclic amines) is 1.